The summed E-state index contributed by atoms with van der Waals surface area (Å²) >= 11 is 0. The molecule has 0 aromatic carbocycles. The maximum atomic E-state index is 2.52. The molecule has 0 amide bonds. The molecule has 0 N–H and O–H groups in total. The fourth-order valence-electron chi connectivity index (χ4n) is 2.14. The van der Waals surface area contributed by atoms with Crippen LogP contribution in [0, 0.1) is 5.41 Å². The minimum absolute atomic E-state index is 0.726. The van der Waals surface area contributed by atoms with Crippen LogP contribution in [0.1, 0.15) is 39.0 Å². The lowest BCUT2D eigenvalue weighted by Gasteiger charge is -2.36. The molecule has 2 aliphatic rings. The Morgan fingerprint density at radius 1 is 1.33 bits per heavy atom. The molecule has 0 heteroatoms. The number of hydrogen-bond acceptors (Lipinski definition) is 0. The quantitative estimate of drug-likeness (QED) is 0.433. The third-order valence-electron chi connectivity index (χ3n) is 2.92. The van der Waals surface area contributed by atoms with Crippen LogP contribution >= 0.6 is 0 Å². The zero-order chi connectivity index (χ0) is 6.32. The molecule has 9 heavy (non-hydrogen) atoms. The van der Waals surface area contributed by atoms with Crippen molar-refractivity contribution in [2.45, 2.75) is 39.0 Å². The average Bonchev–Trinajstić information content (AvgIpc) is 2.09. The fourth-order valence-corrected chi connectivity index (χ4v) is 2.14. The molecule has 2 aliphatic carbocycles. The number of hydrogen-bond donors (Lipinski definition) is 0. The van der Waals surface area contributed by atoms with E-state index in [1.807, 2.05) is 0 Å². The van der Waals surface area contributed by atoms with E-state index in [1.165, 1.54) is 32.1 Å². The van der Waals surface area contributed by atoms with Gasteiger partial charge in [0.15, 0.2) is 0 Å². The molecule has 1 fully saturated rings. The molecule has 0 unspecified atom stereocenters. The largest absolute Gasteiger partial charge is 0.0794 e. The maximum absolute atomic E-state index is 2.52. The lowest BCUT2D eigenvalue weighted by Crippen LogP contribution is -2.23. The van der Waals surface area contributed by atoms with Gasteiger partial charge in [0.1, 0.15) is 0 Å². The first-order valence-corrected chi connectivity index (χ1v) is 3.99. The molecule has 0 bridgehead atoms. The molecular weight excluding hydrogens is 108 g/mol. The number of allylic oxidation sites excluding steroid dienone is 2. The summed E-state index contributed by atoms with van der Waals surface area (Å²) in [5.41, 5.74) is 2.36. The average molecular weight is 122 g/mol. The zero-order valence-corrected chi connectivity index (χ0v) is 6.11. The molecule has 0 nitrogen and oxygen atoms in total. The van der Waals surface area contributed by atoms with Crippen molar-refractivity contribution < 1.29 is 0 Å². The monoisotopic (exact) mass is 122 g/mol. The summed E-state index contributed by atoms with van der Waals surface area (Å²) in [4.78, 5) is 0. The van der Waals surface area contributed by atoms with E-state index in [1.54, 1.807) is 5.57 Å². The van der Waals surface area contributed by atoms with Gasteiger partial charge in [-0.2, -0.15) is 0 Å². The van der Waals surface area contributed by atoms with Crippen molar-refractivity contribution in [1.82, 2.24) is 0 Å². The van der Waals surface area contributed by atoms with Gasteiger partial charge in [-0.05, 0) is 38.0 Å². The third kappa shape index (κ3) is 0.726. The summed E-state index contributed by atoms with van der Waals surface area (Å²) in [6.45, 7) is 2.27. The van der Waals surface area contributed by atoms with Crippen LogP contribution in [-0.2, 0) is 0 Å². The van der Waals surface area contributed by atoms with E-state index in [9.17, 15) is 0 Å². The summed E-state index contributed by atoms with van der Waals surface area (Å²) in [6.07, 6.45) is 9.79. The van der Waals surface area contributed by atoms with Gasteiger partial charge in [0.25, 0.3) is 0 Å². The van der Waals surface area contributed by atoms with Crippen LogP contribution in [0.2, 0.25) is 0 Å². The van der Waals surface area contributed by atoms with Crippen LogP contribution in [0.15, 0.2) is 11.6 Å². The van der Waals surface area contributed by atoms with Crippen molar-refractivity contribution in [3.63, 3.8) is 0 Å². The van der Waals surface area contributed by atoms with Gasteiger partial charge in [-0.3, -0.25) is 0 Å². The molecule has 1 saturated carbocycles. The van der Waals surface area contributed by atoms with Crippen molar-refractivity contribution in [3.8, 4) is 0 Å². The van der Waals surface area contributed by atoms with E-state index in [0.29, 0.717) is 0 Å². The van der Waals surface area contributed by atoms with E-state index in [2.05, 4.69) is 13.0 Å². The highest BCUT2D eigenvalue weighted by atomic mass is 14.4. The van der Waals surface area contributed by atoms with Gasteiger partial charge in [-0.15, -0.1) is 0 Å². The van der Waals surface area contributed by atoms with Gasteiger partial charge in [0.2, 0.25) is 0 Å². The number of rotatable bonds is 0. The minimum atomic E-state index is 0.726. The summed E-state index contributed by atoms with van der Waals surface area (Å²) < 4.78 is 0. The molecule has 0 aromatic heterocycles. The highest BCUT2D eigenvalue weighted by Gasteiger charge is 2.37. The summed E-state index contributed by atoms with van der Waals surface area (Å²) in [5, 5.41) is 0. The Morgan fingerprint density at radius 3 is 2.33 bits per heavy atom. The van der Waals surface area contributed by atoms with Crippen LogP contribution in [0.25, 0.3) is 0 Å². The van der Waals surface area contributed by atoms with Gasteiger partial charge in [-0.1, -0.05) is 18.1 Å². The summed E-state index contributed by atoms with van der Waals surface area (Å²) in [6, 6.07) is 0. The molecule has 0 aromatic rings. The van der Waals surface area contributed by atoms with Crippen molar-refractivity contribution in [3.05, 3.63) is 11.6 Å². The molecule has 1 spiro atoms. The Labute approximate surface area is 57.0 Å². The molecule has 0 saturated heterocycles. The van der Waals surface area contributed by atoms with Crippen LogP contribution in [0.5, 0.6) is 0 Å². The van der Waals surface area contributed by atoms with Crippen LogP contribution in [0.4, 0.5) is 0 Å². The molecule has 2 rings (SSSR count). The standard InChI is InChI=1S/C9H14/c1-8-3-6-9(7-8)4-2-5-9/h7H,2-6H2,1H3. The lowest BCUT2D eigenvalue weighted by atomic mass is 9.69. The Balaban J connectivity index is 2.15. The molecular formula is C9H14. The third-order valence-corrected chi connectivity index (χ3v) is 2.92. The van der Waals surface area contributed by atoms with Crippen LogP contribution in [-0.4, -0.2) is 0 Å². The van der Waals surface area contributed by atoms with E-state index >= 15 is 0 Å². The Hall–Kier alpha value is -0.260. The highest BCUT2D eigenvalue weighted by molar-refractivity contribution is 5.17. The van der Waals surface area contributed by atoms with E-state index in [4.69, 9.17) is 0 Å². The summed E-state index contributed by atoms with van der Waals surface area (Å²) in [7, 11) is 0. The first kappa shape index (κ1) is 5.52. The van der Waals surface area contributed by atoms with Gasteiger partial charge in [0, 0.05) is 0 Å². The lowest BCUT2D eigenvalue weighted by molar-refractivity contribution is 0.202. The molecule has 0 atom stereocenters. The van der Waals surface area contributed by atoms with Crippen molar-refractivity contribution in [1.29, 1.82) is 0 Å². The Morgan fingerprint density at radius 2 is 2.11 bits per heavy atom. The van der Waals surface area contributed by atoms with Gasteiger partial charge >= 0.3 is 0 Å². The molecule has 0 heterocycles. The Kier molecular flexibility index (Phi) is 0.992. The van der Waals surface area contributed by atoms with Crippen molar-refractivity contribution in [2.24, 2.45) is 5.41 Å². The highest BCUT2D eigenvalue weighted by Crippen LogP contribution is 2.50. The van der Waals surface area contributed by atoms with Crippen LogP contribution in [0.3, 0.4) is 0 Å². The van der Waals surface area contributed by atoms with E-state index in [0.717, 1.165) is 5.41 Å². The van der Waals surface area contributed by atoms with Crippen molar-refractivity contribution >= 4 is 0 Å². The predicted octanol–water partition coefficient (Wildman–Crippen LogP) is 2.90. The second kappa shape index (κ2) is 1.62. The predicted molar refractivity (Wildman–Crippen MR) is 39.3 cm³/mol. The molecule has 0 aliphatic heterocycles. The van der Waals surface area contributed by atoms with E-state index < -0.39 is 0 Å². The summed E-state index contributed by atoms with van der Waals surface area (Å²) in [5.74, 6) is 0. The second-order valence-corrected chi connectivity index (χ2v) is 3.71. The van der Waals surface area contributed by atoms with Crippen LogP contribution < -0.4 is 0 Å². The normalized spacial score (nSPS) is 30.1. The fraction of sp³-hybridized carbons (Fsp3) is 0.778. The Bertz CT molecular complexity index is 149. The maximum Gasteiger partial charge on any atom is -0.0113 e. The van der Waals surface area contributed by atoms with Crippen molar-refractivity contribution in [2.75, 3.05) is 0 Å². The van der Waals surface area contributed by atoms with E-state index in [-0.39, 0.29) is 0 Å². The first-order chi connectivity index (χ1) is 4.31. The van der Waals surface area contributed by atoms with Gasteiger partial charge in [-0.25, -0.2) is 0 Å². The topological polar surface area (TPSA) is 0 Å². The van der Waals surface area contributed by atoms with Gasteiger partial charge < -0.3 is 0 Å². The minimum Gasteiger partial charge on any atom is -0.0794 e. The second-order valence-electron chi connectivity index (χ2n) is 3.71. The first-order valence-electron chi connectivity index (χ1n) is 3.99. The zero-order valence-electron chi connectivity index (χ0n) is 6.11. The smallest absolute Gasteiger partial charge is 0.0113 e. The van der Waals surface area contributed by atoms with Gasteiger partial charge in [0.05, 0.1) is 0 Å². The SMILES string of the molecule is CC1=CC2(CCC2)CC1. The molecule has 50 valence electrons. The molecule has 0 radical (unpaired) electrons.